The van der Waals surface area contributed by atoms with Gasteiger partial charge in [-0.25, -0.2) is 4.98 Å². The lowest BCUT2D eigenvalue weighted by Gasteiger charge is -2.43. The summed E-state index contributed by atoms with van der Waals surface area (Å²) in [5.41, 5.74) is 4.87. The Morgan fingerprint density at radius 2 is 1.56 bits per heavy atom. The summed E-state index contributed by atoms with van der Waals surface area (Å²) < 4.78 is 24.0. The Bertz CT molecular complexity index is 2100. The van der Waals surface area contributed by atoms with Crippen molar-refractivity contribution < 1.29 is 83.8 Å². The molecule has 0 saturated carbocycles. The van der Waals surface area contributed by atoms with Crippen LogP contribution in [0.3, 0.4) is 0 Å². The van der Waals surface area contributed by atoms with E-state index in [1.807, 2.05) is 6.92 Å². The number of amides is 5. The van der Waals surface area contributed by atoms with Gasteiger partial charge in [-0.2, -0.15) is 4.98 Å². The maximum Gasteiger partial charge on any atom is 0.280 e. The number of nitrogens with zero attached hydrogens (tertiary/aromatic N) is 3. The van der Waals surface area contributed by atoms with Crippen molar-refractivity contribution in [2.75, 3.05) is 32.0 Å². The summed E-state index contributed by atoms with van der Waals surface area (Å²) in [6, 6.07) is -2.65. The molecule has 3 aliphatic heterocycles. The zero-order valence-electron chi connectivity index (χ0n) is 37.7. The fourth-order valence-corrected chi connectivity index (χ4v) is 8.02. The lowest BCUT2D eigenvalue weighted by molar-refractivity contribution is -0.279. The molecule has 28 nitrogen and oxygen atoms in total. The number of hydrogen-bond acceptors (Lipinski definition) is 21. The number of aliphatic hydroxyl groups excluding tert-OH is 8. The van der Waals surface area contributed by atoms with Crippen LogP contribution in [-0.4, -0.2) is 208 Å². The number of anilines is 1. The Balaban J connectivity index is 1.23. The second-order valence-corrected chi connectivity index (χ2v) is 17.0. The van der Waals surface area contributed by atoms with Gasteiger partial charge in [0.15, 0.2) is 29.8 Å². The fourth-order valence-electron chi connectivity index (χ4n) is 8.02. The van der Waals surface area contributed by atoms with Crippen molar-refractivity contribution in [3.05, 3.63) is 16.7 Å². The Morgan fingerprint density at radius 1 is 0.853 bits per heavy atom. The number of nitrogens with one attached hydrogen (secondary N) is 6. The van der Waals surface area contributed by atoms with Crippen molar-refractivity contribution >= 4 is 46.6 Å². The molecule has 3 saturated heterocycles. The highest BCUT2D eigenvalue weighted by atomic mass is 16.7. The molecule has 382 valence electrons. The molecule has 28 heteroatoms. The number of aromatic nitrogens is 4. The van der Waals surface area contributed by atoms with E-state index < -0.39 is 153 Å². The summed E-state index contributed by atoms with van der Waals surface area (Å²) in [6.45, 7) is 2.68. The van der Waals surface area contributed by atoms with Crippen LogP contribution in [0.2, 0.25) is 0 Å². The van der Waals surface area contributed by atoms with E-state index in [4.69, 9.17) is 24.7 Å². The van der Waals surface area contributed by atoms with E-state index in [1.165, 1.54) is 11.5 Å². The number of fused-ring (bicyclic) bond motifs is 1. The van der Waals surface area contributed by atoms with Crippen LogP contribution >= 0.6 is 0 Å². The molecule has 3 fully saturated rings. The third kappa shape index (κ3) is 13.2. The molecule has 0 bridgehead atoms. The highest BCUT2D eigenvalue weighted by molar-refractivity contribution is 5.91. The molecule has 5 rings (SSSR count). The maximum absolute atomic E-state index is 13.7. The van der Waals surface area contributed by atoms with Crippen molar-refractivity contribution in [1.82, 2.24) is 46.1 Å². The van der Waals surface area contributed by atoms with Crippen LogP contribution in [-0.2, 0) is 42.9 Å². The first-order valence-corrected chi connectivity index (χ1v) is 22.4. The molecular weight excluding hydrogens is 908 g/mol. The van der Waals surface area contributed by atoms with Gasteiger partial charge in [-0.15, -0.1) is 0 Å². The minimum atomic E-state index is -1.71. The van der Waals surface area contributed by atoms with E-state index in [0.717, 1.165) is 19.7 Å². The van der Waals surface area contributed by atoms with Gasteiger partial charge < -0.3 is 92.1 Å². The van der Waals surface area contributed by atoms with Crippen LogP contribution in [0.1, 0.15) is 71.9 Å². The summed E-state index contributed by atoms with van der Waals surface area (Å²) >= 11 is 0. The number of ether oxygens (including phenoxy) is 4. The molecule has 0 spiro atoms. The molecule has 1 unspecified atom stereocenters. The molecule has 68 heavy (non-hydrogen) atoms. The summed E-state index contributed by atoms with van der Waals surface area (Å²) in [6.07, 6.45) is -16.8. The van der Waals surface area contributed by atoms with Gasteiger partial charge in [-0.05, 0) is 32.6 Å². The highest BCUT2D eigenvalue weighted by Crippen LogP contribution is 2.31. The standard InChI is InChI=1S/C40H64N10O18/c1-4-5-6-10-19(67-39-23(46-17(3)52)28(57)27(56)21(14-51)68-39)35(62)44-13-22(53)47-18(9-7-8-11-42-37(64)32-30(59)29(58)25(54)16(2)65-32)34(61)43-12-20-26(55)31(60)38(66-20)50-15-45-24-33(50)48-40(41)49-36(24)63/h15-16,18-21,23,25-32,38-39,51,54-60H,4-14H2,1-3H3,(H,42,64)(H,43,61)(H,44,62)(H,46,52)(H,47,53)(H3,41,48,49,63)/t16-,18-,19?,20+,21+,23+,25+,26+,27+,28+,29+,30-,31+,32-,38+,39+/m0/s1. The maximum atomic E-state index is 13.7. The number of rotatable bonds is 22. The average Bonchev–Trinajstić information content (AvgIpc) is 3.85. The van der Waals surface area contributed by atoms with Crippen molar-refractivity contribution in [2.45, 2.75) is 164 Å². The summed E-state index contributed by atoms with van der Waals surface area (Å²) in [7, 11) is 0. The van der Waals surface area contributed by atoms with Crippen LogP contribution in [0.5, 0.6) is 0 Å². The first kappa shape index (κ1) is 54.0. The molecule has 16 N–H and O–H groups in total. The van der Waals surface area contributed by atoms with Gasteiger partial charge in [0.1, 0.15) is 73.1 Å². The number of aromatic amines is 1. The van der Waals surface area contributed by atoms with E-state index >= 15 is 0 Å². The normalized spacial score (nSPS) is 31.4. The third-order valence-corrected chi connectivity index (χ3v) is 11.9. The smallest absolute Gasteiger partial charge is 0.280 e. The molecule has 3 aliphatic rings. The molecule has 16 atom stereocenters. The number of aliphatic hydroxyl groups is 8. The molecule has 0 radical (unpaired) electrons. The van der Waals surface area contributed by atoms with Crippen molar-refractivity contribution in [3.8, 4) is 0 Å². The zero-order valence-corrected chi connectivity index (χ0v) is 37.7. The Kier molecular flexibility index (Phi) is 19.5. The molecule has 5 heterocycles. The van der Waals surface area contributed by atoms with Gasteiger partial charge in [0.25, 0.3) is 11.5 Å². The SMILES string of the molecule is CCCCCC(O[C@@H]1O[C@H](CO)[C@@H](O)[C@H](O)[C@H]1NC(C)=O)C(=O)NCC(=O)N[C@@H](CCCCNC(=O)[C@H]1O[C@@H](C)[C@@H](O)[C@@H](O)[C@@H]1O)C(=O)NC[C@H]1O[C@@H](n2cnc3c(=O)[nH]c(N)nc32)[C@H](O)[C@@H]1O. The number of H-pyrrole nitrogens is 1. The third-order valence-electron chi connectivity index (χ3n) is 11.9. The molecule has 5 amide bonds. The minimum absolute atomic E-state index is 0.00453. The van der Waals surface area contributed by atoms with Gasteiger partial charge in [-0.1, -0.05) is 26.2 Å². The topological polar surface area (TPSA) is 434 Å². The number of nitrogens with two attached hydrogens (primary N) is 1. The Labute approximate surface area is 388 Å². The first-order valence-electron chi connectivity index (χ1n) is 22.4. The summed E-state index contributed by atoms with van der Waals surface area (Å²) in [4.78, 5) is 88.2. The Hall–Kier alpha value is -4.98. The van der Waals surface area contributed by atoms with Gasteiger partial charge in [0, 0.05) is 20.0 Å². The van der Waals surface area contributed by atoms with Crippen LogP contribution in [0.4, 0.5) is 5.95 Å². The quantitative estimate of drug-likeness (QED) is 0.0488. The van der Waals surface area contributed by atoms with E-state index in [-0.39, 0.29) is 49.3 Å². The largest absolute Gasteiger partial charge is 0.394 e. The number of carbonyl (C=O) groups excluding carboxylic acids is 5. The van der Waals surface area contributed by atoms with Crippen molar-refractivity contribution in [1.29, 1.82) is 0 Å². The molecule has 0 aliphatic carbocycles. The van der Waals surface area contributed by atoms with E-state index in [2.05, 4.69) is 41.5 Å². The number of unbranched alkanes of at least 4 members (excludes halogenated alkanes) is 3. The molecule has 0 aromatic carbocycles. The first-order chi connectivity index (χ1) is 32.3. The predicted molar refractivity (Wildman–Crippen MR) is 230 cm³/mol. The van der Waals surface area contributed by atoms with Gasteiger partial charge in [-0.3, -0.25) is 38.3 Å². The van der Waals surface area contributed by atoms with E-state index in [9.17, 15) is 69.6 Å². The van der Waals surface area contributed by atoms with Crippen molar-refractivity contribution in [3.63, 3.8) is 0 Å². The molecule has 2 aromatic rings. The lowest BCUT2D eigenvalue weighted by Crippen LogP contribution is -2.65. The number of carbonyl (C=O) groups is 5. The molecule has 2 aromatic heterocycles. The number of nitrogen functional groups attached to an aromatic ring is 1. The van der Waals surface area contributed by atoms with Crippen LogP contribution in [0.25, 0.3) is 11.2 Å². The highest BCUT2D eigenvalue weighted by Gasteiger charge is 2.48. The number of imidazole rings is 1. The van der Waals surface area contributed by atoms with Crippen LogP contribution in [0, 0.1) is 0 Å². The lowest BCUT2D eigenvalue weighted by atomic mass is 9.95. The number of hydrogen-bond donors (Lipinski definition) is 15. The second-order valence-electron chi connectivity index (χ2n) is 17.0. The summed E-state index contributed by atoms with van der Waals surface area (Å²) in [5, 5.41) is 95.6. The van der Waals surface area contributed by atoms with Gasteiger partial charge in [0.2, 0.25) is 29.6 Å². The van der Waals surface area contributed by atoms with E-state index in [0.29, 0.717) is 12.8 Å². The fraction of sp³-hybridized carbons (Fsp3) is 0.750. The van der Waals surface area contributed by atoms with Crippen LogP contribution in [0.15, 0.2) is 11.1 Å². The minimum Gasteiger partial charge on any atom is -0.394 e. The summed E-state index contributed by atoms with van der Waals surface area (Å²) in [5.74, 6) is -4.06. The van der Waals surface area contributed by atoms with Crippen LogP contribution < -0.4 is 37.9 Å². The Morgan fingerprint density at radius 3 is 2.25 bits per heavy atom. The second kappa shape index (κ2) is 24.5. The average molecular weight is 973 g/mol. The van der Waals surface area contributed by atoms with E-state index in [1.54, 1.807) is 0 Å². The molecular formula is C40H64N10O18. The van der Waals surface area contributed by atoms with Gasteiger partial charge in [0.05, 0.1) is 25.6 Å². The monoisotopic (exact) mass is 972 g/mol. The van der Waals surface area contributed by atoms with Crippen molar-refractivity contribution in [2.24, 2.45) is 0 Å². The van der Waals surface area contributed by atoms with Gasteiger partial charge >= 0.3 is 0 Å². The predicted octanol–water partition coefficient (Wildman–Crippen LogP) is -6.90. The zero-order chi connectivity index (χ0) is 50.0.